The molecule has 3 rings (SSSR count). The van der Waals surface area contributed by atoms with E-state index in [9.17, 15) is 9.59 Å². The Morgan fingerprint density at radius 2 is 1.60 bits per heavy atom. The number of halogens is 1. The number of methoxy groups -OCH3 is 1. The zero-order chi connectivity index (χ0) is 25.2. The molecule has 7 heteroatoms. The lowest BCUT2D eigenvalue weighted by Gasteiger charge is -2.32. The second-order valence-electron chi connectivity index (χ2n) is 8.54. The molecule has 0 spiro atoms. The Balaban J connectivity index is 1.93. The Morgan fingerprint density at radius 3 is 2.23 bits per heavy atom. The lowest BCUT2D eigenvalue weighted by molar-refractivity contribution is -0.143. The van der Waals surface area contributed by atoms with Gasteiger partial charge in [-0.2, -0.15) is 0 Å². The Kier molecular flexibility index (Phi) is 9.56. The van der Waals surface area contributed by atoms with Crippen molar-refractivity contribution >= 4 is 23.4 Å². The summed E-state index contributed by atoms with van der Waals surface area (Å²) in [5, 5.41) is 3.40. The first-order valence-corrected chi connectivity index (χ1v) is 11.9. The number of carbonyl (C=O) groups is 2. The van der Waals surface area contributed by atoms with Crippen LogP contribution in [0.4, 0.5) is 0 Å². The molecule has 0 bridgehead atoms. The van der Waals surface area contributed by atoms with E-state index in [1.165, 1.54) is 0 Å². The average Bonchev–Trinajstić information content (AvgIpc) is 2.87. The van der Waals surface area contributed by atoms with Gasteiger partial charge in [0.05, 0.1) is 12.1 Å². The summed E-state index contributed by atoms with van der Waals surface area (Å²) < 4.78 is 11.0. The number of para-hydroxylation sites is 1. The quantitative estimate of drug-likeness (QED) is 0.394. The molecule has 3 aromatic rings. The molecule has 0 radical (unpaired) electrons. The summed E-state index contributed by atoms with van der Waals surface area (Å²) in [5.41, 5.74) is 1.57. The number of carbonyl (C=O) groups excluding carboxylic acids is 2. The molecule has 0 heterocycles. The van der Waals surface area contributed by atoms with Crippen LogP contribution in [0.2, 0.25) is 5.02 Å². The van der Waals surface area contributed by atoms with Gasteiger partial charge >= 0.3 is 0 Å². The van der Waals surface area contributed by atoms with E-state index in [2.05, 4.69) is 5.32 Å². The van der Waals surface area contributed by atoms with E-state index in [0.29, 0.717) is 28.6 Å². The zero-order valence-corrected chi connectivity index (χ0v) is 21.0. The zero-order valence-electron chi connectivity index (χ0n) is 20.2. The van der Waals surface area contributed by atoms with Crippen LogP contribution >= 0.6 is 11.6 Å². The summed E-state index contributed by atoms with van der Waals surface area (Å²) in [6, 6.07) is 22.8. The fourth-order valence-electron chi connectivity index (χ4n) is 3.54. The van der Waals surface area contributed by atoms with Crippen LogP contribution in [0, 0.1) is 5.92 Å². The highest BCUT2D eigenvalue weighted by molar-refractivity contribution is 6.32. The second-order valence-corrected chi connectivity index (χ2v) is 8.95. The number of nitrogens with one attached hydrogen (secondary N) is 1. The first-order valence-electron chi connectivity index (χ1n) is 11.5. The number of hydrogen-bond donors (Lipinski definition) is 1. The molecule has 0 saturated heterocycles. The van der Waals surface area contributed by atoms with Gasteiger partial charge in [-0.1, -0.05) is 80.0 Å². The smallest absolute Gasteiger partial charge is 0.261 e. The molecule has 35 heavy (non-hydrogen) atoms. The number of amides is 2. The van der Waals surface area contributed by atoms with Gasteiger partial charge in [-0.3, -0.25) is 9.59 Å². The lowest BCUT2D eigenvalue weighted by Crippen LogP contribution is -2.45. The minimum Gasteiger partial charge on any atom is -0.497 e. The summed E-state index contributed by atoms with van der Waals surface area (Å²) in [5.74, 6) is 0.805. The van der Waals surface area contributed by atoms with Crippen molar-refractivity contribution < 1.29 is 19.1 Å². The molecule has 6 nitrogen and oxygen atoms in total. The summed E-state index contributed by atoms with van der Waals surface area (Å²) in [6.07, 6.45) is 0. The molecule has 1 N–H and O–H groups in total. The molecule has 1 atom stereocenters. The van der Waals surface area contributed by atoms with Crippen molar-refractivity contribution in [1.29, 1.82) is 0 Å². The van der Waals surface area contributed by atoms with Crippen LogP contribution in [0.5, 0.6) is 11.5 Å². The molecule has 2 amide bonds. The van der Waals surface area contributed by atoms with Crippen LogP contribution < -0.4 is 14.8 Å². The van der Waals surface area contributed by atoms with Crippen molar-refractivity contribution in [1.82, 2.24) is 10.2 Å². The van der Waals surface area contributed by atoms with E-state index in [1.54, 1.807) is 36.3 Å². The van der Waals surface area contributed by atoms with E-state index < -0.39 is 6.04 Å². The molecule has 0 aliphatic carbocycles. The van der Waals surface area contributed by atoms with E-state index in [0.717, 1.165) is 5.56 Å². The summed E-state index contributed by atoms with van der Waals surface area (Å²) in [6.45, 7) is 4.50. The van der Waals surface area contributed by atoms with Crippen molar-refractivity contribution in [2.75, 3.05) is 20.3 Å². The fourth-order valence-corrected chi connectivity index (χ4v) is 3.74. The molecule has 3 aromatic carbocycles. The van der Waals surface area contributed by atoms with Crippen LogP contribution in [0.1, 0.15) is 31.0 Å². The third-order valence-electron chi connectivity index (χ3n) is 5.38. The Hall–Kier alpha value is -3.51. The third-order valence-corrected chi connectivity index (χ3v) is 5.69. The number of nitrogens with zero attached hydrogens (tertiary/aromatic N) is 1. The van der Waals surface area contributed by atoms with Gasteiger partial charge < -0.3 is 19.7 Å². The minimum absolute atomic E-state index is 0.212. The average molecular weight is 495 g/mol. The number of ether oxygens (including phenoxy) is 2. The largest absolute Gasteiger partial charge is 0.497 e. The Morgan fingerprint density at radius 1 is 0.943 bits per heavy atom. The predicted octanol–water partition coefficient (Wildman–Crippen LogP) is 5.27. The summed E-state index contributed by atoms with van der Waals surface area (Å²) in [7, 11) is 1.60. The van der Waals surface area contributed by atoms with Gasteiger partial charge in [0, 0.05) is 13.1 Å². The van der Waals surface area contributed by atoms with Gasteiger partial charge in [-0.05, 0) is 41.3 Å². The van der Waals surface area contributed by atoms with Gasteiger partial charge in [-0.25, -0.2) is 0 Å². The molecule has 0 saturated carbocycles. The summed E-state index contributed by atoms with van der Waals surface area (Å²) >= 11 is 6.20. The van der Waals surface area contributed by atoms with Crippen molar-refractivity contribution in [3.05, 3.63) is 95.0 Å². The number of rotatable bonds is 11. The van der Waals surface area contributed by atoms with Crippen LogP contribution in [0.15, 0.2) is 78.9 Å². The van der Waals surface area contributed by atoms with Crippen LogP contribution in [0.25, 0.3) is 0 Å². The SMILES string of the molecule is COc1ccc(CN(C(=O)COc2ccccc2Cl)C(C(=O)NCC(C)C)c2ccccc2)cc1. The third kappa shape index (κ3) is 7.49. The highest BCUT2D eigenvalue weighted by atomic mass is 35.5. The Bertz CT molecular complexity index is 1100. The molecule has 0 aliphatic heterocycles. The van der Waals surface area contributed by atoms with Gasteiger partial charge in [0.15, 0.2) is 6.61 Å². The van der Waals surface area contributed by atoms with Crippen molar-refractivity contribution in [2.24, 2.45) is 5.92 Å². The Labute approximate surface area is 211 Å². The van der Waals surface area contributed by atoms with Crippen molar-refractivity contribution in [2.45, 2.75) is 26.4 Å². The van der Waals surface area contributed by atoms with Gasteiger partial charge in [0.25, 0.3) is 5.91 Å². The maximum atomic E-state index is 13.6. The van der Waals surface area contributed by atoms with Crippen molar-refractivity contribution in [3.63, 3.8) is 0 Å². The fraction of sp³-hybridized carbons (Fsp3) is 0.286. The normalized spacial score (nSPS) is 11.6. The van der Waals surface area contributed by atoms with Gasteiger partial charge in [-0.15, -0.1) is 0 Å². The van der Waals surface area contributed by atoms with E-state index >= 15 is 0 Å². The molecule has 184 valence electrons. The summed E-state index contributed by atoms with van der Waals surface area (Å²) in [4.78, 5) is 28.5. The molecule has 0 aromatic heterocycles. The standard InChI is InChI=1S/C28H31ClN2O4/c1-20(2)17-30-28(33)27(22-9-5-4-6-10-22)31(18-21-13-15-23(34-3)16-14-21)26(32)19-35-25-12-8-7-11-24(25)29/h4-16,20,27H,17-19H2,1-3H3,(H,30,33). The molecule has 0 aliphatic rings. The van der Waals surface area contributed by atoms with Crippen molar-refractivity contribution in [3.8, 4) is 11.5 Å². The van der Waals surface area contributed by atoms with Gasteiger partial charge in [0.2, 0.25) is 5.91 Å². The number of benzene rings is 3. The first kappa shape index (κ1) is 26.1. The second kappa shape index (κ2) is 12.8. The maximum absolute atomic E-state index is 13.6. The highest BCUT2D eigenvalue weighted by Crippen LogP contribution is 2.27. The van der Waals surface area contributed by atoms with Crippen LogP contribution in [-0.2, 0) is 16.1 Å². The van der Waals surface area contributed by atoms with E-state index in [-0.39, 0.29) is 30.9 Å². The molecular weight excluding hydrogens is 464 g/mol. The monoisotopic (exact) mass is 494 g/mol. The topological polar surface area (TPSA) is 67.9 Å². The van der Waals surface area contributed by atoms with Gasteiger partial charge in [0.1, 0.15) is 17.5 Å². The predicted molar refractivity (Wildman–Crippen MR) is 138 cm³/mol. The highest BCUT2D eigenvalue weighted by Gasteiger charge is 2.32. The molecular formula is C28H31ClN2O4. The lowest BCUT2D eigenvalue weighted by atomic mass is 10.0. The minimum atomic E-state index is -0.834. The number of hydrogen-bond acceptors (Lipinski definition) is 4. The van der Waals surface area contributed by atoms with E-state index in [4.69, 9.17) is 21.1 Å². The molecule has 0 fully saturated rings. The first-order chi connectivity index (χ1) is 16.9. The molecule has 1 unspecified atom stereocenters. The van der Waals surface area contributed by atoms with Crippen LogP contribution in [-0.4, -0.2) is 37.0 Å². The maximum Gasteiger partial charge on any atom is 0.261 e. The van der Waals surface area contributed by atoms with E-state index in [1.807, 2.05) is 68.4 Å². The van der Waals surface area contributed by atoms with Crippen LogP contribution in [0.3, 0.4) is 0 Å².